The van der Waals surface area contributed by atoms with Gasteiger partial charge in [0.25, 0.3) is 0 Å². The van der Waals surface area contributed by atoms with Gasteiger partial charge in [-0.25, -0.2) is 4.98 Å². The number of hydrogen-bond donors (Lipinski definition) is 1. The van der Waals surface area contributed by atoms with Crippen molar-refractivity contribution in [3.8, 4) is 0 Å². The summed E-state index contributed by atoms with van der Waals surface area (Å²) >= 11 is 0. The van der Waals surface area contributed by atoms with Crippen LogP contribution in [-0.2, 0) is 19.9 Å². The molecule has 0 unspecified atom stereocenters. The second-order valence-corrected chi connectivity index (χ2v) is 5.09. The van der Waals surface area contributed by atoms with Crippen LogP contribution < -0.4 is 5.32 Å². The van der Waals surface area contributed by atoms with E-state index in [4.69, 9.17) is 0 Å². The van der Waals surface area contributed by atoms with E-state index in [2.05, 4.69) is 28.5 Å². The summed E-state index contributed by atoms with van der Waals surface area (Å²) in [5.74, 6) is 0.923. The van der Waals surface area contributed by atoms with E-state index in [-0.39, 0.29) is 0 Å². The molecule has 3 rings (SSSR count). The van der Waals surface area contributed by atoms with Crippen LogP contribution in [0.15, 0.2) is 24.4 Å². The van der Waals surface area contributed by atoms with E-state index in [1.807, 2.05) is 24.7 Å². The van der Waals surface area contributed by atoms with Gasteiger partial charge in [-0.3, -0.25) is 0 Å². The maximum absolute atomic E-state index is 4.51. The SMILES string of the molecule is Cc1cn(C)c(Nc2cccc3c2CCCC3)n1. The second-order valence-electron chi connectivity index (χ2n) is 5.09. The first kappa shape index (κ1) is 11.3. The van der Waals surface area contributed by atoms with E-state index in [9.17, 15) is 0 Å². The zero-order valence-electron chi connectivity index (χ0n) is 11.0. The largest absolute Gasteiger partial charge is 0.325 e. The maximum Gasteiger partial charge on any atom is 0.207 e. The molecule has 1 aromatic carbocycles. The molecule has 94 valence electrons. The van der Waals surface area contributed by atoms with Gasteiger partial charge >= 0.3 is 0 Å². The van der Waals surface area contributed by atoms with Crippen molar-refractivity contribution in [1.29, 1.82) is 0 Å². The van der Waals surface area contributed by atoms with Crippen LogP contribution in [0.2, 0.25) is 0 Å². The molecule has 18 heavy (non-hydrogen) atoms. The molecule has 0 atom stereocenters. The van der Waals surface area contributed by atoms with Crippen LogP contribution in [-0.4, -0.2) is 9.55 Å². The number of nitrogens with one attached hydrogen (secondary N) is 1. The molecular formula is C15H19N3. The maximum atomic E-state index is 4.51. The predicted molar refractivity (Wildman–Crippen MR) is 74.3 cm³/mol. The molecule has 1 aliphatic carbocycles. The van der Waals surface area contributed by atoms with Gasteiger partial charge in [0.1, 0.15) is 0 Å². The standard InChI is InChI=1S/C15H19N3/c1-11-10-18(2)15(16-11)17-14-9-5-7-12-6-3-4-8-13(12)14/h5,7,9-10H,3-4,6,8H2,1-2H3,(H,16,17). The highest BCUT2D eigenvalue weighted by atomic mass is 15.2. The second kappa shape index (κ2) is 4.48. The van der Waals surface area contributed by atoms with Gasteiger partial charge in [0.2, 0.25) is 5.95 Å². The van der Waals surface area contributed by atoms with Gasteiger partial charge in [0, 0.05) is 18.9 Å². The van der Waals surface area contributed by atoms with Crippen LogP contribution in [0.4, 0.5) is 11.6 Å². The van der Waals surface area contributed by atoms with Crippen molar-refractivity contribution in [2.75, 3.05) is 5.32 Å². The molecule has 0 bridgehead atoms. The summed E-state index contributed by atoms with van der Waals surface area (Å²) < 4.78 is 2.04. The minimum Gasteiger partial charge on any atom is -0.325 e. The first-order valence-corrected chi connectivity index (χ1v) is 6.62. The third-order valence-corrected chi connectivity index (χ3v) is 3.64. The van der Waals surface area contributed by atoms with E-state index in [1.165, 1.54) is 42.5 Å². The summed E-state index contributed by atoms with van der Waals surface area (Å²) in [4.78, 5) is 4.51. The summed E-state index contributed by atoms with van der Waals surface area (Å²) in [6, 6.07) is 6.56. The molecule has 3 heteroatoms. The molecule has 1 aromatic heterocycles. The van der Waals surface area contributed by atoms with Gasteiger partial charge < -0.3 is 9.88 Å². The quantitative estimate of drug-likeness (QED) is 0.873. The Morgan fingerprint density at radius 2 is 2.06 bits per heavy atom. The first-order chi connectivity index (χ1) is 8.74. The van der Waals surface area contributed by atoms with Gasteiger partial charge in [-0.05, 0) is 49.8 Å². The van der Waals surface area contributed by atoms with E-state index in [0.717, 1.165) is 11.6 Å². The highest BCUT2D eigenvalue weighted by Gasteiger charge is 2.13. The van der Waals surface area contributed by atoms with Crippen LogP contribution in [0.1, 0.15) is 29.7 Å². The van der Waals surface area contributed by atoms with Crippen molar-refractivity contribution in [1.82, 2.24) is 9.55 Å². The van der Waals surface area contributed by atoms with Crippen LogP contribution in [0.5, 0.6) is 0 Å². The van der Waals surface area contributed by atoms with E-state index in [0.29, 0.717) is 0 Å². The molecule has 3 nitrogen and oxygen atoms in total. The van der Waals surface area contributed by atoms with Crippen LogP contribution >= 0.6 is 0 Å². The number of nitrogens with zero attached hydrogens (tertiary/aromatic N) is 2. The van der Waals surface area contributed by atoms with E-state index < -0.39 is 0 Å². The molecule has 0 spiro atoms. The van der Waals surface area contributed by atoms with Crippen LogP contribution in [0.3, 0.4) is 0 Å². The number of fused-ring (bicyclic) bond motifs is 1. The van der Waals surface area contributed by atoms with Crippen molar-refractivity contribution < 1.29 is 0 Å². The number of imidazole rings is 1. The Morgan fingerprint density at radius 3 is 2.83 bits per heavy atom. The summed E-state index contributed by atoms with van der Waals surface area (Å²) in [6.45, 7) is 2.02. The topological polar surface area (TPSA) is 29.9 Å². The summed E-state index contributed by atoms with van der Waals surface area (Å²) in [7, 11) is 2.03. The lowest BCUT2D eigenvalue weighted by Gasteiger charge is -2.19. The van der Waals surface area contributed by atoms with E-state index >= 15 is 0 Å². The lowest BCUT2D eigenvalue weighted by molar-refractivity contribution is 0.687. The Hall–Kier alpha value is -1.77. The lowest BCUT2D eigenvalue weighted by Crippen LogP contribution is -2.07. The smallest absolute Gasteiger partial charge is 0.207 e. The number of hydrogen-bond acceptors (Lipinski definition) is 2. The van der Waals surface area contributed by atoms with Gasteiger partial charge in [-0.1, -0.05) is 12.1 Å². The van der Waals surface area contributed by atoms with Crippen molar-refractivity contribution in [2.45, 2.75) is 32.6 Å². The Morgan fingerprint density at radius 1 is 1.22 bits per heavy atom. The number of aromatic nitrogens is 2. The summed E-state index contributed by atoms with van der Waals surface area (Å²) in [5.41, 5.74) is 5.24. The Balaban J connectivity index is 1.95. The average Bonchev–Trinajstić information content (AvgIpc) is 2.68. The van der Waals surface area contributed by atoms with Gasteiger partial charge in [-0.15, -0.1) is 0 Å². The number of rotatable bonds is 2. The monoisotopic (exact) mass is 241 g/mol. The number of benzene rings is 1. The Bertz CT molecular complexity index is 569. The fraction of sp³-hybridized carbons (Fsp3) is 0.400. The van der Waals surface area contributed by atoms with Crippen LogP contribution in [0, 0.1) is 6.92 Å². The predicted octanol–water partition coefficient (Wildman–Crippen LogP) is 3.35. The third-order valence-electron chi connectivity index (χ3n) is 3.64. The Kier molecular flexibility index (Phi) is 2.82. The highest BCUT2D eigenvalue weighted by Crippen LogP contribution is 2.29. The summed E-state index contributed by atoms with van der Waals surface area (Å²) in [5, 5.41) is 3.47. The van der Waals surface area contributed by atoms with Gasteiger partial charge in [-0.2, -0.15) is 0 Å². The molecule has 1 aliphatic rings. The van der Waals surface area contributed by atoms with Crippen molar-refractivity contribution in [2.24, 2.45) is 7.05 Å². The fourth-order valence-electron chi connectivity index (χ4n) is 2.75. The molecule has 0 fully saturated rings. The molecule has 0 saturated carbocycles. The zero-order chi connectivity index (χ0) is 12.5. The molecule has 0 aliphatic heterocycles. The van der Waals surface area contributed by atoms with Crippen molar-refractivity contribution in [3.63, 3.8) is 0 Å². The highest BCUT2D eigenvalue weighted by molar-refractivity contribution is 5.61. The molecule has 1 heterocycles. The van der Waals surface area contributed by atoms with Crippen LogP contribution in [0.25, 0.3) is 0 Å². The van der Waals surface area contributed by atoms with Crippen molar-refractivity contribution in [3.05, 3.63) is 41.2 Å². The van der Waals surface area contributed by atoms with Gasteiger partial charge in [0.15, 0.2) is 0 Å². The Labute approximate surface area is 108 Å². The minimum atomic E-state index is 0.923. The lowest BCUT2D eigenvalue weighted by atomic mass is 9.90. The molecule has 0 radical (unpaired) electrons. The molecule has 2 aromatic rings. The zero-order valence-corrected chi connectivity index (χ0v) is 11.0. The molecule has 1 N–H and O–H groups in total. The molecular weight excluding hydrogens is 222 g/mol. The van der Waals surface area contributed by atoms with Crippen molar-refractivity contribution >= 4 is 11.6 Å². The number of aryl methyl sites for hydroxylation is 3. The molecule has 0 saturated heterocycles. The molecule has 0 amide bonds. The third kappa shape index (κ3) is 2.01. The van der Waals surface area contributed by atoms with E-state index in [1.54, 1.807) is 0 Å². The first-order valence-electron chi connectivity index (χ1n) is 6.62. The van der Waals surface area contributed by atoms with Gasteiger partial charge in [0.05, 0.1) is 5.69 Å². The average molecular weight is 241 g/mol. The minimum absolute atomic E-state index is 0.923. The fourth-order valence-corrected chi connectivity index (χ4v) is 2.75. The number of anilines is 2. The summed E-state index contributed by atoms with van der Waals surface area (Å²) in [6.07, 6.45) is 7.05. The normalized spacial score (nSPS) is 14.3.